The normalized spacial score (nSPS) is 12.9. The van der Waals surface area contributed by atoms with Gasteiger partial charge in [-0.2, -0.15) is 0 Å². The number of carboxylic acid groups (broad SMARTS) is 1. The van der Waals surface area contributed by atoms with Gasteiger partial charge in [-0.3, -0.25) is 14.9 Å². The van der Waals surface area contributed by atoms with Crippen LogP contribution in [-0.4, -0.2) is 36.2 Å². The predicted molar refractivity (Wildman–Crippen MR) is 134 cm³/mol. The van der Waals surface area contributed by atoms with Crippen LogP contribution in [0.15, 0.2) is 66.7 Å². The average Bonchev–Trinajstić information content (AvgIpc) is 3.16. The smallest absolute Gasteiger partial charge is 0.411 e. The Hall–Kier alpha value is -3.84. The van der Waals surface area contributed by atoms with Gasteiger partial charge in [-0.15, -0.1) is 0 Å². The van der Waals surface area contributed by atoms with Crippen molar-refractivity contribution in [1.82, 2.24) is 5.32 Å². The highest BCUT2D eigenvalue weighted by Gasteiger charge is 2.29. The van der Waals surface area contributed by atoms with Gasteiger partial charge in [0.1, 0.15) is 6.61 Å². The molecule has 0 spiro atoms. The van der Waals surface area contributed by atoms with Gasteiger partial charge in [0.15, 0.2) is 0 Å². The summed E-state index contributed by atoms with van der Waals surface area (Å²) in [7, 11) is 0. The van der Waals surface area contributed by atoms with E-state index in [1.807, 2.05) is 36.4 Å². The lowest BCUT2D eigenvalue weighted by molar-refractivity contribution is -0.141. The summed E-state index contributed by atoms with van der Waals surface area (Å²) in [6.07, 6.45) is -0.359. The molecule has 0 bridgehead atoms. The van der Waals surface area contributed by atoms with E-state index in [4.69, 9.17) is 21.4 Å². The molecule has 3 aromatic rings. The number of rotatable bonds is 8. The second-order valence-electron chi connectivity index (χ2n) is 8.46. The lowest BCUT2D eigenvalue weighted by Gasteiger charge is -2.15. The number of nitrogens with one attached hydrogen (secondary N) is 2. The Morgan fingerprint density at radius 1 is 1.00 bits per heavy atom. The van der Waals surface area contributed by atoms with E-state index in [0.717, 1.165) is 22.3 Å². The van der Waals surface area contributed by atoms with Crippen molar-refractivity contribution in [1.29, 1.82) is 0 Å². The van der Waals surface area contributed by atoms with E-state index in [1.54, 1.807) is 6.92 Å². The molecular weight excluding hydrogens is 468 g/mol. The number of carbonyl (C=O) groups excluding carboxylic acids is 2. The maximum atomic E-state index is 12.6. The minimum Gasteiger partial charge on any atom is -0.481 e. The zero-order valence-electron chi connectivity index (χ0n) is 19.1. The van der Waals surface area contributed by atoms with Crippen molar-refractivity contribution in [3.8, 4) is 11.1 Å². The Morgan fingerprint density at radius 3 is 2.26 bits per heavy atom. The highest BCUT2D eigenvalue weighted by atomic mass is 35.5. The molecule has 0 aromatic heterocycles. The Morgan fingerprint density at radius 2 is 1.63 bits per heavy atom. The van der Waals surface area contributed by atoms with E-state index in [2.05, 4.69) is 22.8 Å². The van der Waals surface area contributed by atoms with Crippen molar-refractivity contribution in [2.24, 2.45) is 5.92 Å². The summed E-state index contributed by atoms with van der Waals surface area (Å²) >= 11 is 6.15. The van der Waals surface area contributed by atoms with Gasteiger partial charge in [-0.1, -0.05) is 67.1 Å². The van der Waals surface area contributed by atoms with Crippen molar-refractivity contribution >= 4 is 35.3 Å². The largest absolute Gasteiger partial charge is 0.481 e. The number of carbonyl (C=O) groups is 3. The highest BCUT2D eigenvalue weighted by Crippen LogP contribution is 2.44. The summed E-state index contributed by atoms with van der Waals surface area (Å²) in [6.45, 7) is 1.94. The molecular formula is C27H25ClN2O5. The summed E-state index contributed by atoms with van der Waals surface area (Å²) in [6, 6.07) is 20.6. The van der Waals surface area contributed by atoms with E-state index >= 15 is 0 Å². The van der Waals surface area contributed by atoms with Crippen molar-refractivity contribution in [3.05, 3.63) is 88.4 Å². The second-order valence-corrected chi connectivity index (χ2v) is 8.90. The van der Waals surface area contributed by atoms with Crippen LogP contribution in [-0.2, 0) is 9.53 Å². The molecule has 1 unspecified atom stereocenters. The zero-order valence-corrected chi connectivity index (χ0v) is 19.8. The molecule has 3 aromatic carbocycles. The minimum atomic E-state index is -0.920. The van der Waals surface area contributed by atoms with Crippen LogP contribution in [0.2, 0.25) is 5.02 Å². The van der Waals surface area contributed by atoms with Gasteiger partial charge >= 0.3 is 12.1 Å². The first-order valence-corrected chi connectivity index (χ1v) is 11.6. The number of hydrogen-bond acceptors (Lipinski definition) is 4. The second kappa shape index (κ2) is 10.6. The molecule has 0 heterocycles. The Balaban J connectivity index is 1.38. The van der Waals surface area contributed by atoms with Crippen LogP contribution >= 0.6 is 11.6 Å². The molecule has 1 aliphatic carbocycles. The number of carboxylic acids is 1. The van der Waals surface area contributed by atoms with E-state index in [9.17, 15) is 14.4 Å². The van der Waals surface area contributed by atoms with Gasteiger partial charge in [0, 0.05) is 28.7 Å². The van der Waals surface area contributed by atoms with Gasteiger partial charge in [-0.25, -0.2) is 4.79 Å². The molecule has 1 atom stereocenters. The van der Waals surface area contributed by atoms with Crippen LogP contribution in [0, 0.1) is 5.92 Å². The third-order valence-corrected chi connectivity index (χ3v) is 6.25. The first-order chi connectivity index (χ1) is 16.8. The van der Waals surface area contributed by atoms with Crippen molar-refractivity contribution in [2.75, 3.05) is 18.5 Å². The minimum absolute atomic E-state index is 0.0676. The number of anilines is 1. The first kappa shape index (κ1) is 24.3. The molecule has 2 amide bonds. The summed E-state index contributed by atoms with van der Waals surface area (Å²) in [5.74, 6) is -1.97. The standard InChI is InChI=1S/C27H25ClN2O5/c1-16(26(32)33)10-11-29-25(31)17-12-18(28)14-19(13-17)30-27(34)35-15-24-22-8-4-2-6-20(22)21-7-3-5-9-23(21)24/h2-9,12-14,16,24H,10-11,15H2,1H3,(H,29,31)(H,30,34)(H,32,33). The summed E-state index contributed by atoms with van der Waals surface area (Å²) < 4.78 is 5.55. The number of amides is 2. The van der Waals surface area contributed by atoms with Crippen molar-refractivity contribution < 1.29 is 24.2 Å². The fourth-order valence-electron chi connectivity index (χ4n) is 4.17. The van der Waals surface area contributed by atoms with Gasteiger partial charge in [0.05, 0.1) is 5.92 Å². The summed E-state index contributed by atoms with van der Waals surface area (Å²) in [5, 5.41) is 14.5. The number of halogens is 1. The summed E-state index contributed by atoms with van der Waals surface area (Å²) in [5.41, 5.74) is 5.06. The van der Waals surface area contributed by atoms with Gasteiger partial charge < -0.3 is 15.2 Å². The molecule has 4 rings (SSSR count). The lowest BCUT2D eigenvalue weighted by Crippen LogP contribution is -2.27. The third-order valence-electron chi connectivity index (χ3n) is 6.03. The quantitative estimate of drug-likeness (QED) is 0.383. The van der Waals surface area contributed by atoms with E-state index in [0.29, 0.717) is 12.1 Å². The van der Waals surface area contributed by atoms with Gasteiger partial charge in [0.25, 0.3) is 5.91 Å². The molecule has 0 radical (unpaired) electrons. The van der Waals surface area contributed by atoms with Crippen LogP contribution in [0.5, 0.6) is 0 Å². The molecule has 0 saturated heterocycles. The van der Waals surface area contributed by atoms with Crippen molar-refractivity contribution in [2.45, 2.75) is 19.3 Å². The summed E-state index contributed by atoms with van der Waals surface area (Å²) in [4.78, 5) is 35.9. The predicted octanol–water partition coefficient (Wildman–Crippen LogP) is 5.54. The first-order valence-electron chi connectivity index (χ1n) is 11.3. The topological polar surface area (TPSA) is 105 Å². The third kappa shape index (κ3) is 5.63. The monoisotopic (exact) mass is 492 g/mol. The fourth-order valence-corrected chi connectivity index (χ4v) is 4.41. The lowest BCUT2D eigenvalue weighted by atomic mass is 9.98. The van der Waals surface area contributed by atoms with Crippen LogP contribution in [0.4, 0.5) is 10.5 Å². The van der Waals surface area contributed by atoms with Crippen LogP contribution < -0.4 is 10.6 Å². The van der Waals surface area contributed by atoms with E-state index in [1.165, 1.54) is 18.2 Å². The Labute approximate surface area is 208 Å². The molecule has 3 N–H and O–H groups in total. The van der Waals surface area contributed by atoms with E-state index in [-0.39, 0.29) is 29.7 Å². The van der Waals surface area contributed by atoms with E-state index < -0.39 is 23.9 Å². The van der Waals surface area contributed by atoms with Crippen LogP contribution in [0.3, 0.4) is 0 Å². The zero-order chi connectivity index (χ0) is 24.9. The number of ether oxygens (including phenoxy) is 1. The molecule has 180 valence electrons. The molecule has 8 heteroatoms. The molecule has 0 fully saturated rings. The maximum Gasteiger partial charge on any atom is 0.411 e. The Bertz CT molecular complexity index is 1230. The number of hydrogen-bond donors (Lipinski definition) is 3. The maximum absolute atomic E-state index is 12.6. The van der Waals surface area contributed by atoms with Crippen LogP contribution in [0.25, 0.3) is 11.1 Å². The molecule has 35 heavy (non-hydrogen) atoms. The highest BCUT2D eigenvalue weighted by molar-refractivity contribution is 6.31. The molecule has 1 aliphatic rings. The number of aliphatic carboxylic acids is 1. The van der Waals surface area contributed by atoms with Crippen molar-refractivity contribution in [3.63, 3.8) is 0 Å². The molecule has 0 aliphatic heterocycles. The number of fused-ring (bicyclic) bond motifs is 3. The van der Waals surface area contributed by atoms with Gasteiger partial charge in [-0.05, 0) is 46.9 Å². The van der Waals surface area contributed by atoms with Crippen LogP contribution in [0.1, 0.15) is 40.7 Å². The Kier molecular flexibility index (Phi) is 7.36. The SMILES string of the molecule is CC(CCNC(=O)c1cc(Cl)cc(NC(=O)OCC2c3ccccc3-c3ccccc32)c1)C(=O)O. The van der Waals surface area contributed by atoms with Gasteiger partial charge in [0.2, 0.25) is 0 Å². The fraction of sp³-hybridized carbons (Fsp3) is 0.222. The molecule has 7 nitrogen and oxygen atoms in total. The average molecular weight is 493 g/mol. The molecule has 0 saturated carbocycles. The number of benzene rings is 3.